The number of carbonyl (C=O) groups is 1. The van der Waals surface area contributed by atoms with E-state index in [0.29, 0.717) is 15.7 Å². The van der Waals surface area contributed by atoms with Crippen molar-refractivity contribution >= 4 is 34.8 Å². The monoisotopic (exact) mass is 287 g/mol. The van der Waals surface area contributed by atoms with Gasteiger partial charge in [0.2, 0.25) is 5.76 Å². The third-order valence-electron chi connectivity index (χ3n) is 2.76. The van der Waals surface area contributed by atoms with Gasteiger partial charge in [0.1, 0.15) is 0 Å². The van der Waals surface area contributed by atoms with Crippen LogP contribution in [0.5, 0.6) is 0 Å². The van der Waals surface area contributed by atoms with E-state index < -0.39 is 11.9 Å². The van der Waals surface area contributed by atoms with Crippen LogP contribution in [0.3, 0.4) is 0 Å². The molecule has 1 aromatic carbocycles. The van der Waals surface area contributed by atoms with Crippen molar-refractivity contribution in [1.82, 2.24) is 0 Å². The Morgan fingerprint density at radius 3 is 2.28 bits per heavy atom. The summed E-state index contributed by atoms with van der Waals surface area (Å²) in [7, 11) is 1.34. The number of benzene rings is 1. The molecule has 96 valence electrons. The highest BCUT2D eigenvalue weighted by Crippen LogP contribution is 2.33. The standard InChI is InChI=1S/C12H11Cl2NO3/c1-6-10(16)11(18-2)12(17)15(6)9-4-7(13)3-8(14)5-9/h3-6,16H,1-2H3. The number of nitrogens with zero attached hydrogens (tertiary/aromatic N) is 1. The summed E-state index contributed by atoms with van der Waals surface area (Å²) in [6, 6.07) is 4.27. The molecule has 1 N–H and O–H groups in total. The summed E-state index contributed by atoms with van der Waals surface area (Å²) in [4.78, 5) is 13.5. The zero-order chi connectivity index (χ0) is 13.4. The first kappa shape index (κ1) is 13.1. The Bertz CT molecular complexity index is 522. The summed E-state index contributed by atoms with van der Waals surface area (Å²) < 4.78 is 4.89. The molecule has 4 nitrogen and oxygen atoms in total. The maximum atomic E-state index is 12.1. The lowest BCUT2D eigenvalue weighted by Gasteiger charge is -2.22. The van der Waals surface area contributed by atoms with Crippen LogP contribution in [-0.2, 0) is 9.53 Å². The van der Waals surface area contributed by atoms with Gasteiger partial charge in [-0.1, -0.05) is 23.2 Å². The van der Waals surface area contributed by atoms with E-state index in [4.69, 9.17) is 27.9 Å². The molecule has 1 aliphatic rings. The summed E-state index contributed by atoms with van der Waals surface area (Å²) in [5.74, 6) is -0.571. The summed E-state index contributed by atoms with van der Waals surface area (Å²) in [6.07, 6.45) is 0. The first-order valence-electron chi connectivity index (χ1n) is 5.22. The summed E-state index contributed by atoms with van der Waals surface area (Å²) in [5, 5.41) is 10.7. The molecule has 0 bridgehead atoms. The molecule has 1 aromatic rings. The minimum absolute atomic E-state index is 0.0569. The number of hydrogen-bond acceptors (Lipinski definition) is 3. The zero-order valence-electron chi connectivity index (χ0n) is 9.78. The Kier molecular flexibility index (Phi) is 3.41. The molecular formula is C12H11Cl2NO3. The lowest BCUT2D eigenvalue weighted by atomic mass is 10.2. The quantitative estimate of drug-likeness (QED) is 0.909. The van der Waals surface area contributed by atoms with Crippen LogP contribution in [0.15, 0.2) is 29.7 Å². The van der Waals surface area contributed by atoms with Crippen LogP contribution in [0.4, 0.5) is 5.69 Å². The number of methoxy groups -OCH3 is 1. The van der Waals surface area contributed by atoms with Crippen LogP contribution >= 0.6 is 23.2 Å². The number of rotatable bonds is 2. The van der Waals surface area contributed by atoms with Crippen LogP contribution in [0.1, 0.15) is 6.92 Å². The predicted octanol–water partition coefficient (Wildman–Crippen LogP) is 3.14. The number of aliphatic hydroxyl groups is 1. The van der Waals surface area contributed by atoms with Gasteiger partial charge >= 0.3 is 0 Å². The Labute approximate surface area is 114 Å². The first-order valence-corrected chi connectivity index (χ1v) is 5.98. The molecule has 1 atom stereocenters. The van der Waals surface area contributed by atoms with E-state index in [1.807, 2.05) is 0 Å². The highest BCUT2D eigenvalue weighted by atomic mass is 35.5. The number of carbonyl (C=O) groups excluding carboxylic acids is 1. The molecule has 1 aliphatic heterocycles. The molecule has 2 rings (SSSR count). The Morgan fingerprint density at radius 2 is 1.83 bits per heavy atom. The smallest absolute Gasteiger partial charge is 0.297 e. The van der Waals surface area contributed by atoms with Crippen LogP contribution in [-0.4, -0.2) is 24.2 Å². The third kappa shape index (κ3) is 2.02. The minimum atomic E-state index is -0.512. The number of hydrogen-bond donors (Lipinski definition) is 1. The van der Waals surface area contributed by atoms with E-state index in [-0.39, 0.29) is 11.5 Å². The fraction of sp³-hybridized carbons (Fsp3) is 0.250. The second-order valence-electron chi connectivity index (χ2n) is 3.90. The van der Waals surface area contributed by atoms with Gasteiger partial charge in [-0.15, -0.1) is 0 Å². The van der Waals surface area contributed by atoms with E-state index in [1.165, 1.54) is 12.0 Å². The van der Waals surface area contributed by atoms with Gasteiger partial charge in [0.25, 0.3) is 5.91 Å². The fourth-order valence-electron chi connectivity index (χ4n) is 1.92. The molecule has 0 aliphatic carbocycles. The molecule has 1 unspecified atom stereocenters. The van der Waals surface area contributed by atoms with Crippen molar-refractivity contribution in [3.63, 3.8) is 0 Å². The van der Waals surface area contributed by atoms with Gasteiger partial charge in [-0.3, -0.25) is 9.69 Å². The zero-order valence-corrected chi connectivity index (χ0v) is 11.3. The normalized spacial score (nSPS) is 19.7. The van der Waals surface area contributed by atoms with Crippen molar-refractivity contribution in [2.24, 2.45) is 0 Å². The lowest BCUT2D eigenvalue weighted by Crippen LogP contribution is -2.33. The highest BCUT2D eigenvalue weighted by molar-refractivity contribution is 6.35. The second kappa shape index (κ2) is 4.71. The minimum Gasteiger partial charge on any atom is -0.506 e. The molecule has 0 fully saturated rings. The van der Waals surface area contributed by atoms with Crippen molar-refractivity contribution in [3.8, 4) is 0 Å². The largest absolute Gasteiger partial charge is 0.506 e. The van der Waals surface area contributed by atoms with Gasteiger partial charge in [0.15, 0.2) is 5.76 Å². The van der Waals surface area contributed by atoms with Crippen molar-refractivity contribution in [2.75, 3.05) is 12.0 Å². The van der Waals surface area contributed by atoms with E-state index in [9.17, 15) is 9.90 Å². The Hall–Kier alpha value is -1.39. The number of aliphatic hydroxyl groups excluding tert-OH is 1. The van der Waals surface area contributed by atoms with Crippen molar-refractivity contribution in [2.45, 2.75) is 13.0 Å². The van der Waals surface area contributed by atoms with Gasteiger partial charge in [-0.05, 0) is 25.1 Å². The topological polar surface area (TPSA) is 49.8 Å². The number of anilines is 1. The molecule has 1 amide bonds. The molecule has 1 heterocycles. The molecule has 0 saturated heterocycles. The molecule has 0 radical (unpaired) electrons. The van der Waals surface area contributed by atoms with E-state index >= 15 is 0 Å². The van der Waals surface area contributed by atoms with Crippen LogP contribution in [0, 0.1) is 0 Å². The molecule has 0 aromatic heterocycles. The number of ether oxygens (including phenoxy) is 1. The highest BCUT2D eigenvalue weighted by Gasteiger charge is 2.39. The lowest BCUT2D eigenvalue weighted by molar-refractivity contribution is -0.117. The van der Waals surface area contributed by atoms with E-state index in [2.05, 4.69) is 0 Å². The summed E-state index contributed by atoms with van der Waals surface area (Å²) in [6.45, 7) is 1.69. The third-order valence-corrected chi connectivity index (χ3v) is 3.19. The molecular weight excluding hydrogens is 277 g/mol. The fourth-order valence-corrected chi connectivity index (χ4v) is 2.43. The van der Waals surface area contributed by atoms with Crippen molar-refractivity contribution < 1.29 is 14.6 Å². The van der Waals surface area contributed by atoms with Crippen molar-refractivity contribution in [1.29, 1.82) is 0 Å². The van der Waals surface area contributed by atoms with E-state index in [1.54, 1.807) is 25.1 Å². The average molecular weight is 288 g/mol. The van der Waals surface area contributed by atoms with Gasteiger partial charge in [0.05, 0.1) is 13.2 Å². The van der Waals surface area contributed by atoms with Gasteiger partial charge in [-0.25, -0.2) is 0 Å². The van der Waals surface area contributed by atoms with Gasteiger partial charge < -0.3 is 9.84 Å². The second-order valence-corrected chi connectivity index (χ2v) is 4.77. The Morgan fingerprint density at radius 1 is 1.28 bits per heavy atom. The molecule has 18 heavy (non-hydrogen) atoms. The first-order chi connectivity index (χ1) is 8.45. The summed E-state index contributed by atoms with van der Waals surface area (Å²) in [5.41, 5.74) is 0.517. The number of halogens is 2. The number of amides is 1. The predicted molar refractivity (Wildman–Crippen MR) is 70.1 cm³/mol. The van der Waals surface area contributed by atoms with Gasteiger partial charge in [0, 0.05) is 15.7 Å². The maximum Gasteiger partial charge on any atom is 0.297 e. The molecule has 0 spiro atoms. The van der Waals surface area contributed by atoms with Crippen molar-refractivity contribution in [3.05, 3.63) is 39.8 Å². The van der Waals surface area contributed by atoms with Crippen LogP contribution < -0.4 is 4.90 Å². The SMILES string of the molecule is COC1=C(O)C(C)N(c2cc(Cl)cc(Cl)c2)C1=O. The van der Waals surface area contributed by atoms with E-state index in [0.717, 1.165) is 0 Å². The molecule has 0 saturated carbocycles. The van der Waals surface area contributed by atoms with Gasteiger partial charge in [-0.2, -0.15) is 0 Å². The maximum absolute atomic E-state index is 12.1. The Balaban J connectivity index is 2.45. The van der Waals surface area contributed by atoms with Crippen LogP contribution in [0.2, 0.25) is 10.0 Å². The molecule has 6 heteroatoms. The van der Waals surface area contributed by atoms with Crippen LogP contribution in [0.25, 0.3) is 0 Å². The average Bonchev–Trinajstić information content (AvgIpc) is 2.48. The summed E-state index contributed by atoms with van der Waals surface area (Å²) >= 11 is 11.8.